The van der Waals surface area contributed by atoms with Crippen LogP contribution in [0.5, 0.6) is 23.0 Å². The quantitative estimate of drug-likeness (QED) is 0.760. The van der Waals surface area contributed by atoms with Crippen molar-refractivity contribution in [3.63, 3.8) is 0 Å². The van der Waals surface area contributed by atoms with Gasteiger partial charge in [-0.05, 0) is 41.8 Å². The Labute approximate surface area is 128 Å². The summed E-state index contributed by atoms with van der Waals surface area (Å²) in [5.74, 6) is 0.269. The van der Waals surface area contributed by atoms with Crippen molar-refractivity contribution in [2.24, 2.45) is 4.99 Å². The molecular formula is C17H17NO4. The summed E-state index contributed by atoms with van der Waals surface area (Å²) in [6, 6.07) is 8.32. The Balaban J connectivity index is 1.94. The number of rotatable bonds is 3. The fraction of sp³-hybridized carbons (Fsp3) is 0.235. The number of aromatic hydroxyl groups is 3. The molecule has 0 saturated carbocycles. The van der Waals surface area contributed by atoms with Crippen molar-refractivity contribution in [3.8, 4) is 23.0 Å². The lowest BCUT2D eigenvalue weighted by molar-refractivity contribution is 0.373. The maximum absolute atomic E-state index is 9.72. The molecule has 2 aromatic rings. The number of fused-ring (bicyclic) bond motifs is 1. The summed E-state index contributed by atoms with van der Waals surface area (Å²) in [6.07, 6.45) is 1.30. The van der Waals surface area contributed by atoms with E-state index in [9.17, 15) is 15.3 Å². The van der Waals surface area contributed by atoms with E-state index >= 15 is 0 Å². The highest BCUT2D eigenvalue weighted by molar-refractivity contribution is 6.04. The first kappa shape index (κ1) is 14.3. The summed E-state index contributed by atoms with van der Waals surface area (Å²) in [7, 11) is 1.51. The Morgan fingerprint density at radius 3 is 2.59 bits per heavy atom. The second-order valence-electron chi connectivity index (χ2n) is 5.26. The third-order valence-corrected chi connectivity index (χ3v) is 3.81. The number of ether oxygens (including phenoxy) is 1. The molecular weight excluding hydrogens is 282 g/mol. The molecule has 0 unspecified atom stereocenters. The van der Waals surface area contributed by atoms with Crippen LogP contribution < -0.4 is 4.74 Å². The highest BCUT2D eigenvalue weighted by atomic mass is 16.5. The van der Waals surface area contributed by atoms with E-state index in [0.29, 0.717) is 18.7 Å². The summed E-state index contributed by atoms with van der Waals surface area (Å²) in [5, 5.41) is 29.0. The Morgan fingerprint density at radius 1 is 1.05 bits per heavy atom. The Kier molecular flexibility index (Phi) is 3.63. The summed E-state index contributed by atoms with van der Waals surface area (Å²) in [6.45, 7) is 0.655. The monoisotopic (exact) mass is 299 g/mol. The second-order valence-corrected chi connectivity index (χ2v) is 5.26. The summed E-state index contributed by atoms with van der Waals surface area (Å²) >= 11 is 0. The Morgan fingerprint density at radius 2 is 1.82 bits per heavy atom. The van der Waals surface area contributed by atoms with Crippen LogP contribution in [0, 0.1) is 0 Å². The van der Waals surface area contributed by atoms with Crippen LogP contribution in [0.25, 0.3) is 0 Å². The molecule has 1 aliphatic rings. The average molecular weight is 299 g/mol. The van der Waals surface area contributed by atoms with Crippen LogP contribution in [0.15, 0.2) is 35.3 Å². The molecule has 5 nitrogen and oxygen atoms in total. The third kappa shape index (κ3) is 2.57. The number of phenolic OH excluding ortho intramolecular Hbond substituents is 3. The van der Waals surface area contributed by atoms with Crippen LogP contribution in [0.4, 0.5) is 0 Å². The van der Waals surface area contributed by atoms with Gasteiger partial charge in [0.05, 0.1) is 7.11 Å². The van der Waals surface area contributed by atoms with E-state index in [0.717, 1.165) is 28.8 Å². The van der Waals surface area contributed by atoms with E-state index < -0.39 is 0 Å². The number of aliphatic imine (C=N–C) groups is 1. The van der Waals surface area contributed by atoms with Crippen LogP contribution in [0.1, 0.15) is 16.7 Å². The van der Waals surface area contributed by atoms with Gasteiger partial charge in [-0.2, -0.15) is 0 Å². The van der Waals surface area contributed by atoms with Crippen LogP contribution in [0.2, 0.25) is 0 Å². The van der Waals surface area contributed by atoms with Crippen LogP contribution in [-0.2, 0) is 12.8 Å². The average Bonchev–Trinajstić information content (AvgIpc) is 2.51. The molecule has 0 bridgehead atoms. The predicted octanol–water partition coefficient (Wildman–Crippen LogP) is 2.40. The van der Waals surface area contributed by atoms with Gasteiger partial charge >= 0.3 is 0 Å². The Bertz CT molecular complexity index is 753. The number of nitrogens with zero attached hydrogens (tertiary/aromatic N) is 1. The van der Waals surface area contributed by atoms with Gasteiger partial charge in [-0.3, -0.25) is 4.99 Å². The first-order valence-corrected chi connectivity index (χ1v) is 7.03. The number of methoxy groups -OCH3 is 1. The van der Waals surface area contributed by atoms with Crippen molar-refractivity contribution in [2.45, 2.75) is 12.8 Å². The number of hydrogen-bond acceptors (Lipinski definition) is 5. The minimum Gasteiger partial charge on any atom is -0.504 e. The van der Waals surface area contributed by atoms with Crippen LogP contribution in [0.3, 0.4) is 0 Å². The molecule has 0 radical (unpaired) electrons. The van der Waals surface area contributed by atoms with Crippen molar-refractivity contribution in [1.82, 2.24) is 0 Å². The zero-order valence-electron chi connectivity index (χ0n) is 12.2. The second kappa shape index (κ2) is 5.60. The molecule has 0 spiro atoms. The number of phenols is 3. The normalized spacial score (nSPS) is 13.4. The first-order chi connectivity index (χ1) is 10.6. The van der Waals surface area contributed by atoms with Gasteiger partial charge in [0, 0.05) is 24.2 Å². The van der Waals surface area contributed by atoms with Gasteiger partial charge in [0.1, 0.15) is 0 Å². The lowest BCUT2D eigenvalue weighted by Gasteiger charge is -2.18. The van der Waals surface area contributed by atoms with Gasteiger partial charge in [0.2, 0.25) is 0 Å². The standard InChI is InChI=1S/C17H17NO4/c1-22-17-7-10(2-3-14(17)19)6-13-12-9-16(21)15(20)8-11(12)4-5-18-13/h2-3,7-9,19-21H,4-6H2,1H3. The van der Waals surface area contributed by atoms with Gasteiger partial charge in [-0.1, -0.05) is 6.07 Å². The fourth-order valence-corrected chi connectivity index (χ4v) is 2.67. The molecule has 3 rings (SSSR count). The number of hydrogen-bond donors (Lipinski definition) is 3. The minimum atomic E-state index is -0.142. The largest absolute Gasteiger partial charge is 0.504 e. The molecule has 0 saturated heterocycles. The van der Waals surface area contributed by atoms with Gasteiger partial charge in [0.15, 0.2) is 23.0 Å². The SMILES string of the molecule is COc1cc(CC2=NCCc3cc(O)c(O)cc32)ccc1O. The molecule has 3 N–H and O–H groups in total. The van der Waals surface area contributed by atoms with Crippen LogP contribution >= 0.6 is 0 Å². The zero-order chi connectivity index (χ0) is 15.7. The molecule has 0 aromatic heterocycles. The number of benzene rings is 2. The van der Waals surface area contributed by atoms with Gasteiger partial charge in [-0.15, -0.1) is 0 Å². The van der Waals surface area contributed by atoms with Crippen molar-refractivity contribution < 1.29 is 20.1 Å². The van der Waals surface area contributed by atoms with E-state index in [1.54, 1.807) is 24.3 Å². The molecule has 5 heteroatoms. The van der Waals surface area contributed by atoms with Crippen molar-refractivity contribution >= 4 is 5.71 Å². The summed E-state index contributed by atoms with van der Waals surface area (Å²) in [5.41, 5.74) is 3.64. The molecule has 0 fully saturated rings. The van der Waals surface area contributed by atoms with E-state index in [4.69, 9.17) is 4.74 Å². The highest BCUT2D eigenvalue weighted by Crippen LogP contribution is 2.32. The lowest BCUT2D eigenvalue weighted by Crippen LogP contribution is -2.15. The summed E-state index contributed by atoms with van der Waals surface area (Å²) in [4.78, 5) is 4.54. The van der Waals surface area contributed by atoms with Gasteiger partial charge in [-0.25, -0.2) is 0 Å². The molecule has 22 heavy (non-hydrogen) atoms. The van der Waals surface area contributed by atoms with Gasteiger partial charge < -0.3 is 20.1 Å². The topological polar surface area (TPSA) is 82.3 Å². The van der Waals surface area contributed by atoms with Crippen molar-refractivity contribution in [1.29, 1.82) is 0 Å². The van der Waals surface area contributed by atoms with Gasteiger partial charge in [0.25, 0.3) is 0 Å². The van der Waals surface area contributed by atoms with E-state index in [1.807, 2.05) is 6.07 Å². The third-order valence-electron chi connectivity index (χ3n) is 3.81. The molecule has 0 aliphatic carbocycles. The summed E-state index contributed by atoms with van der Waals surface area (Å²) < 4.78 is 5.12. The molecule has 0 atom stereocenters. The zero-order valence-corrected chi connectivity index (χ0v) is 12.2. The van der Waals surface area contributed by atoms with Crippen molar-refractivity contribution in [2.75, 3.05) is 13.7 Å². The predicted molar refractivity (Wildman–Crippen MR) is 83.2 cm³/mol. The molecule has 0 amide bonds. The van der Waals surface area contributed by atoms with Crippen molar-refractivity contribution in [3.05, 3.63) is 47.0 Å². The first-order valence-electron chi connectivity index (χ1n) is 7.03. The fourth-order valence-electron chi connectivity index (χ4n) is 2.67. The minimum absolute atomic E-state index is 0.0970. The molecule has 1 aliphatic heterocycles. The molecule has 2 aromatic carbocycles. The smallest absolute Gasteiger partial charge is 0.160 e. The maximum Gasteiger partial charge on any atom is 0.160 e. The molecule has 114 valence electrons. The molecule has 1 heterocycles. The lowest BCUT2D eigenvalue weighted by atomic mass is 9.93. The highest BCUT2D eigenvalue weighted by Gasteiger charge is 2.18. The van der Waals surface area contributed by atoms with E-state index in [-0.39, 0.29) is 17.2 Å². The Hall–Kier alpha value is -2.69. The van der Waals surface area contributed by atoms with Crippen LogP contribution in [-0.4, -0.2) is 34.7 Å². The van der Waals surface area contributed by atoms with E-state index in [1.165, 1.54) is 7.11 Å². The van der Waals surface area contributed by atoms with E-state index in [2.05, 4.69) is 4.99 Å². The maximum atomic E-state index is 9.72.